The SMILES string of the molecule is CC(C)(C)OC(=O)N1[C@@H](COCc2ccccc2)[C@H](O)[C@@H](SCc2ccccc2)CS1(=O)=O. The zero-order valence-corrected chi connectivity index (χ0v) is 20.7. The Morgan fingerprint density at radius 2 is 1.64 bits per heavy atom. The third-order valence-electron chi connectivity index (χ3n) is 5.03. The number of carbonyl (C=O) groups is 1. The molecule has 180 valence electrons. The molecule has 1 N–H and O–H groups in total. The molecule has 0 aliphatic carbocycles. The van der Waals surface area contributed by atoms with Gasteiger partial charge in [0.05, 0.1) is 25.1 Å². The molecule has 0 bridgehead atoms. The Hall–Kier alpha value is -2.07. The lowest BCUT2D eigenvalue weighted by Crippen LogP contribution is -2.62. The summed E-state index contributed by atoms with van der Waals surface area (Å²) in [5.41, 5.74) is 1.05. The minimum absolute atomic E-state index is 0.142. The molecule has 0 radical (unpaired) electrons. The van der Waals surface area contributed by atoms with E-state index in [-0.39, 0.29) is 19.0 Å². The molecule has 1 aliphatic heterocycles. The summed E-state index contributed by atoms with van der Waals surface area (Å²) in [5.74, 6) is 0.183. The molecule has 2 aromatic rings. The van der Waals surface area contributed by atoms with Gasteiger partial charge < -0.3 is 14.6 Å². The van der Waals surface area contributed by atoms with Crippen molar-refractivity contribution in [2.75, 3.05) is 12.4 Å². The molecule has 7 nitrogen and oxygen atoms in total. The number of nitrogens with zero attached hydrogens (tertiary/aromatic N) is 1. The number of hydrogen-bond acceptors (Lipinski definition) is 7. The molecule has 9 heteroatoms. The highest BCUT2D eigenvalue weighted by molar-refractivity contribution is 8.00. The Morgan fingerprint density at radius 1 is 1.06 bits per heavy atom. The van der Waals surface area contributed by atoms with E-state index in [0.717, 1.165) is 11.1 Å². The molecule has 0 saturated carbocycles. The maximum absolute atomic E-state index is 13.2. The number of carbonyl (C=O) groups excluding carboxylic acids is 1. The van der Waals surface area contributed by atoms with Gasteiger partial charge in [-0.15, -0.1) is 11.8 Å². The van der Waals surface area contributed by atoms with E-state index in [1.807, 2.05) is 60.7 Å². The van der Waals surface area contributed by atoms with Crippen molar-refractivity contribution >= 4 is 27.9 Å². The van der Waals surface area contributed by atoms with Crippen LogP contribution in [0.4, 0.5) is 4.79 Å². The van der Waals surface area contributed by atoms with Crippen LogP contribution in [-0.4, -0.2) is 59.3 Å². The number of hydrogen-bond donors (Lipinski definition) is 1. The molecule has 0 unspecified atom stereocenters. The van der Waals surface area contributed by atoms with Crippen molar-refractivity contribution in [1.82, 2.24) is 4.31 Å². The van der Waals surface area contributed by atoms with Crippen LogP contribution in [0.1, 0.15) is 31.9 Å². The number of thioether (sulfide) groups is 1. The maximum Gasteiger partial charge on any atom is 0.424 e. The number of aliphatic hydroxyl groups excluding tert-OH is 1. The second-order valence-corrected chi connectivity index (χ2v) is 12.1. The molecule has 1 heterocycles. The fourth-order valence-electron chi connectivity index (χ4n) is 3.50. The second-order valence-electron chi connectivity index (χ2n) is 8.95. The maximum atomic E-state index is 13.2. The Labute approximate surface area is 200 Å². The summed E-state index contributed by atoms with van der Waals surface area (Å²) in [6, 6.07) is 18.0. The number of ether oxygens (including phenoxy) is 2. The van der Waals surface area contributed by atoms with Crippen molar-refractivity contribution < 1.29 is 27.8 Å². The van der Waals surface area contributed by atoms with Crippen molar-refractivity contribution in [3.05, 3.63) is 71.8 Å². The zero-order chi connectivity index (χ0) is 24.1. The summed E-state index contributed by atoms with van der Waals surface area (Å²) in [6.07, 6.45) is -2.10. The molecule has 1 amide bonds. The molecule has 3 atom stereocenters. The summed E-state index contributed by atoms with van der Waals surface area (Å²) < 4.78 is 38.1. The number of amides is 1. The van der Waals surface area contributed by atoms with E-state index in [9.17, 15) is 18.3 Å². The zero-order valence-electron chi connectivity index (χ0n) is 19.1. The Bertz CT molecular complexity index is 1010. The predicted octanol–water partition coefficient (Wildman–Crippen LogP) is 3.82. The van der Waals surface area contributed by atoms with Crippen LogP contribution in [0.3, 0.4) is 0 Å². The summed E-state index contributed by atoms with van der Waals surface area (Å²) in [6.45, 7) is 5.08. The fraction of sp³-hybridized carbons (Fsp3) is 0.458. The monoisotopic (exact) mass is 493 g/mol. The van der Waals surface area contributed by atoms with Crippen LogP contribution < -0.4 is 0 Å². The van der Waals surface area contributed by atoms with Gasteiger partial charge in [-0.3, -0.25) is 0 Å². The van der Waals surface area contributed by atoms with Gasteiger partial charge in [0.1, 0.15) is 11.6 Å². The first kappa shape index (κ1) is 25.6. The minimum Gasteiger partial charge on any atom is -0.443 e. The van der Waals surface area contributed by atoms with Gasteiger partial charge in [0.25, 0.3) is 0 Å². The summed E-state index contributed by atoms with van der Waals surface area (Å²) in [4.78, 5) is 12.9. The molecule has 0 spiro atoms. The molecule has 1 aliphatic rings. The highest BCUT2D eigenvalue weighted by Crippen LogP contribution is 2.32. The van der Waals surface area contributed by atoms with Crippen LogP contribution in [0.15, 0.2) is 60.7 Å². The van der Waals surface area contributed by atoms with Crippen LogP contribution in [0.5, 0.6) is 0 Å². The summed E-state index contributed by atoms with van der Waals surface area (Å²) >= 11 is 1.36. The Balaban J connectivity index is 1.79. The number of benzene rings is 2. The van der Waals surface area contributed by atoms with Crippen LogP contribution in [0, 0.1) is 0 Å². The standard InChI is InChI=1S/C24H31NO6S2/c1-24(2,3)31-23(27)25-20(15-30-14-18-10-6-4-7-11-18)22(26)21(17-33(25,28)29)32-16-19-12-8-5-9-13-19/h4-13,20-22,26H,14-17H2,1-3H3/t20-,21-,22-/m0/s1. The normalized spacial score (nSPS) is 22.7. The van der Waals surface area contributed by atoms with E-state index >= 15 is 0 Å². The number of rotatable bonds is 7. The molecule has 1 fully saturated rings. The second kappa shape index (κ2) is 10.9. The first-order valence-electron chi connectivity index (χ1n) is 10.8. The third-order valence-corrected chi connectivity index (χ3v) is 8.42. The predicted molar refractivity (Wildman–Crippen MR) is 129 cm³/mol. The first-order chi connectivity index (χ1) is 15.6. The van der Waals surface area contributed by atoms with Crippen LogP contribution in [0.25, 0.3) is 0 Å². The lowest BCUT2D eigenvalue weighted by atomic mass is 10.1. The van der Waals surface area contributed by atoms with Gasteiger partial charge in [-0.1, -0.05) is 60.7 Å². The van der Waals surface area contributed by atoms with Crippen molar-refractivity contribution in [1.29, 1.82) is 0 Å². The van der Waals surface area contributed by atoms with E-state index < -0.39 is 39.1 Å². The van der Waals surface area contributed by atoms with Gasteiger partial charge in [0, 0.05) is 11.0 Å². The lowest BCUT2D eigenvalue weighted by Gasteiger charge is -2.42. The van der Waals surface area contributed by atoms with Crippen molar-refractivity contribution in [2.45, 2.75) is 56.1 Å². The van der Waals surface area contributed by atoms with E-state index in [1.54, 1.807) is 20.8 Å². The van der Waals surface area contributed by atoms with Gasteiger partial charge in [-0.25, -0.2) is 13.2 Å². The molecular weight excluding hydrogens is 462 g/mol. The van der Waals surface area contributed by atoms with Gasteiger partial charge in [0.15, 0.2) is 0 Å². The third kappa shape index (κ3) is 7.20. The van der Waals surface area contributed by atoms with E-state index in [4.69, 9.17) is 9.47 Å². The van der Waals surface area contributed by atoms with Crippen LogP contribution >= 0.6 is 11.8 Å². The van der Waals surface area contributed by atoms with E-state index in [0.29, 0.717) is 10.1 Å². The Morgan fingerprint density at radius 3 is 2.21 bits per heavy atom. The lowest BCUT2D eigenvalue weighted by molar-refractivity contribution is -0.0129. The number of aliphatic hydroxyl groups is 1. The number of sulfonamides is 1. The van der Waals surface area contributed by atoms with E-state index in [2.05, 4.69) is 0 Å². The fourth-order valence-corrected chi connectivity index (χ4v) is 7.01. The quantitative estimate of drug-likeness (QED) is 0.627. The minimum atomic E-state index is -4.03. The van der Waals surface area contributed by atoms with Crippen molar-refractivity contribution in [3.63, 3.8) is 0 Å². The van der Waals surface area contributed by atoms with E-state index in [1.165, 1.54) is 11.8 Å². The molecule has 0 aromatic heterocycles. The van der Waals surface area contributed by atoms with Gasteiger partial charge >= 0.3 is 6.09 Å². The van der Waals surface area contributed by atoms with Crippen LogP contribution in [-0.2, 0) is 31.9 Å². The van der Waals surface area contributed by atoms with Crippen molar-refractivity contribution in [3.8, 4) is 0 Å². The van der Waals surface area contributed by atoms with Crippen molar-refractivity contribution in [2.24, 2.45) is 0 Å². The first-order valence-corrected chi connectivity index (χ1v) is 13.4. The van der Waals surface area contributed by atoms with Gasteiger partial charge in [-0.2, -0.15) is 4.31 Å². The molecule has 1 saturated heterocycles. The highest BCUT2D eigenvalue weighted by Gasteiger charge is 2.49. The highest BCUT2D eigenvalue weighted by atomic mass is 32.2. The average molecular weight is 494 g/mol. The van der Waals surface area contributed by atoms with Gasteiger partial charge in [-0.05, 0) is 31.9 Å². The molecule has 33 heavy (non-hydrogen) atoms. The van der Waals surface area contributed by atoms with Gasteiger partial charge in [0.2, 0.25) is 10.0 Å². The Kier molecular flexibility index (Phi) is 8.44. The smallest absolute Gasteiger partial charge is 0.424 e. The summed E-state index contributed by atoms with van der Waals surface area (Å²) in [5, 5.41) is 10.5. The topological polar surface area (TPSA) is 93.1 Å². The molecular formula is C24H31NO6S2. The summed E-state index contributed by atoms with van der Waals surface area (Å²) in [7, 11) is -4.03. The molecule has 2 aromatic carbocycles. The van der Waals surface area contributed by atoms with Crippen LogP contribution in [0.2, 0.25) is 0 Å². The molecule has 3 rings (SSSR count). The average Bonchev–Trinajstić information content (AvgIpc) is 2.74. The largest absolute Gasteiger partial charge is 0.443 e.